The average Bonchev–Trinajstić information content (AvgIpc) is 2.21. The molecule has 0 aromatic heterocycles. The Morgan fingerprint density at radius 2 is 2.19 bits per heavy atom. The van der Waals surface area contributed by atoms with Crippen molar-refractivity contribution in [3.05, 3.63) is 33.3 Å². The normalized spacial score (nSPS) is 10.6. The average molecular weight is 306 g/mol. The number of benzene rings is 1. The summed E-state index contributed by atoms with van der Waals surface area (Å²) in [5, 5.41) is 3.26. The van der Waals surface area contributed by atoms with Crippen LogP contribution in [0.5, 0.6) is 0 Å². The zero-order chi connectivity index (χ0) is 12.1. The summed E-state index contributed by atoms with van der Waals surface area (Å²) in [7, 11) is 3.91. The highest BCUT2D eigenvalue weighted by Crippen LogP contribution is 2.25. The Morgan fingerprint density at radius 1 is 1.50 bits per heavy atom. The molecule has 1 aromatic rings. The maximum Gasteiger partial charge on any atom is 0.252 e. The van der Waals surface area contributed by atoms with Gasteiger partial charge in [-0.05, 0) is 42.2 Å². The third-order valence-corrected chi connectivity index (χ3v) is 3.34. The van der Waals surface area contributed by atoms with Gasteiger partial charge in [-0.2, -0.15) is 0 Å². The summed E-state index contributed by atoms with van der Waals surface area (Å²) in [5.41, 5.74) is 0.495. The summed E-state index contributed by atoms with van der Waals surface area (Å²) < 4.78 is 0.731. The molecule has 0 saturated heterocycles. The molecular weight excluding hydrogens is 291 g/mol. The minimum atomic E-state index is -0.145. The van der Waals surface area contributed by atoms with Gasteiger partial charge in [0.05, 0.1) is 10.6 Å². The van der Waals surface area contributed by atoms with Crippen molar-refractivity contribution in [2.24, 2.45) is 0 Å². The molecule has 1 N–H and O–H groups in total. The predicted octanol–water partition coefficient (Wildman–Crippen LogP) is 2.39. The van der Waals surface area contributed by atoms with Crippen molar-refractivity contribution in [2.45, 2.75) is 0 Å². The zero-order valence-electron chi connectivity index (χ0n) is 9.26. The topological polar surface area (TPSA) is 32.3 Å². The van der Waals surface area contributed by atoms with E-state index in [0.29, 0.717) is 17.1 Å². The van der Waals surface area contributed by atoms with Gasteiger partial charge in [-0.25, -0.2) is 0 Å². The van der Waals surface area contributed by atoms with E-state index in [2.05, 4.69) is 21.2 Å². The van der Waals surface area contributed by atoms with Gasteiger partial charge in [-0.3, -0.25) is 4.79 Å². The number of amides is 1. The molecule has 0 heterocycles. The second-order valence-corrected chi connectivity index (χ2v) is 4.89. The molecule has 16 heavy (non-hydrogen) atoms. The van der Waals surface area contributed by atoms with Crippen molar-refractivity contribution < 1.29 is 4.79 Å². The second kappa shape index (κ2) is 6.23. The van der Waals surface area contributed by atoms with Crippen LogP contribution in [0, 0.1) is 0 Å². The minimum absolute atomic E-state index is 0.145. The molecule has 1 aromatic carbocycles. The van der Waals surface area contributed by atoms with Gasteiger partial charge in [-0.15, -0.1) is 0 Å². The molecule has 0 radical (unpaired) electrons. The SMILES string of the molecule is CN(C)CCNC(=O)c1cccc(Br)c1Cl. The summed E-state index contributed by atoms with van der Waals surface area (Å²) >= 11 is 9.30. The second-order valence-electron chi connectivity index (χ2n) is 3.66. The molecule has 1 amide bonds. The Bertz CT molecular complexity index is 382. The fourth-order valence-corrected chi connectivity index (χ4v) is 1.75. The fraction of sp³-hybridized carbons (Fsp3) is 0.364. The Labute approximate surface area is 109 Å². The highest BCUT2D eigenvalue weighted by Gasteiger charge is 2.11. The maximum atomic E-state index is 11.8. The number of rotatable bonds is 4. The summed E-state index contributed by atoms with van der Waals surface area (Å²) in [4.78, 5) is 13.8. The Hall–Kier alpha value is -0.580. The lowest BCUT2D eigenvalue weighted by atomic mass is 10.2. The maximum absolute atomic E-state index is 11.8. The molecule has 0 aliphatic heterocycles. The molecule has 0 atom stereocenters. The highest BCUT2D eigenvalue weighted by molar-refractivity contribution is 9.10. The van der Waals surface area contributed by atoms with Gasteiger partial charge in [0.15, 0.2) is 0 Å². The van der Waals surface area contributed by atoms with E-state index in [9.17, 15) is 4.79 Å². The van der Waals surface area contributed by atoms with Crippen molar-refractivity contribution in [3.63, 3.8) is 0 Å². The molecular formula is C11H14BrClN2O. The number of halogens is 2. The number of nitrogens with zero attached hydrogens (tertiary/aromatic N) is 1. The van der Waals surface area contributed by atoms with Crippen LogP contribution in [0.2, 0.25) is 5.02 Å². The summed E-state index contributed by atoms with van der Waals surface area (Å²) in [5.74, 6) is -0.145. The lowest BCUT2D eigenvalue weighted by molar-refractivity contribution is 0.0951. The van der Waals surface area contributed by atoms with Gasteiger partial charge < -0.3 is 10.2 Å². The monoisotopic (exact) mass is 304 g/mol. The number of hydrogen-bond donors (Lipinski definition) is 1. The third-order valence-electron chi connectivity index (χ3n) is 2.04. The van der Waals surface area contributed by atoms with Crippen molar-refractivity contribution in [1.82, 2.24) is 10.2 Å². The Morgan fingerprint density at radius 3 is 2.81 bits per heavy atom. The predicted molar refractivity (Wildman–Crippen MR) is 70.0 cm³/mol. The zero-order valence-corrected chi connectivity index (χ0v) is 11.6. The summed E-state index contributed by atoms with van der Waals surface area (Å²) in [6, 6.07) is 5.30. The number of nitrogens with one attached hydrogen (secondary N) is 1. The van der Waals surface area contributed by atoms with Gasteiger partial charge in [0.2, 0.25) is 0 Å². The lowest BCUT2D eigenvalue weighted by Crippen LogP contribution is -2.31. The van der Waals surface area contributed by atoms with Crippen LogP contribution in [-0.2, 0) is 0 Å². The molecule has 0 bridgehead atoms. The van der Waals surface area contributed by atoms with Gasteiger partial charge >= 0.3 is 0 Å². The van der Waals surface area contributed by atoms with E-state index in [1.807, 2.05) is 19.0 Å². The van der Waals surface area contributed by atoms with Crippen molar-refractivity contribution >= 4 is 33.4 Å². The van der Waals surface area contributed by atoms with Crippen LogP contribution in [0.3, 0.4) is 0 Å². The number of carbonyl (C=O) groups is 1. The summed E-state index contributed by atoms with van der Waals surface area (Å²) in [6.07, 6.45) is 0. The molecule has 88 valence electrons. The first-order chi connectivity index (χ1) is 7.52. The molecule has 0 aliphatic rings. The smallest absolute Gasteiger partial charge is 0.252 e. The van der Waals surface area contributed by atoms with E-state index in [1.54, 1.807) is 18.2 Å². The fourth-order valence-electron chi connectivity index (χ4n) is 1.17. The molecule has 0 unspecified atom stereocenters. The van der Waals surface area contributed by atoms with Crippen molar-refractivity contribution in [3.8, 4) is 0 Å². The van der Waals surface area contributed by atoms with E-state index in [0.717, 1.165) is 11.0 Å². The van der Waals surface area contributed by atoms with Crippen LogP contribution in [0.1, 0.15) is 10.4 Å². The molecule has 0 fully saturated rings. The van der Waals surface area contributed by atoms with Gasteiger partial charge in [0.25, 0.3) is 5.91 Å². The molecule has 0 spiro atoms. The van der Waals surface area contributed by atoms with Crippen LogP contribution in [0.15, 0.2) is 22.7 Å². The van der Waals surface area contributed by atoms with Gasteiger partial charge in [0, 0.05) is 17.6 Å². The first-order valence-corrected chi connectivity index (χ1v) is 6.06. The quantitative estimate of drug-likeness (QED) is 0.926. The largest absolute Gasteiger partial charge is 0.351 e. The molecule has 0 saturated carbocycles. The van der Waals surface area contributed by atoms with Gasteiger partial charge in [0.1, 0.15) is 0 Å². The van der Waals surface area contributed by atoms with Gasteiger partial charge in [-0.1, -0.05) is 17.7 Å². The number of carbonyl (C=O) groups excluding carboxylic acids is 1. The first-order valence-electron chi connectivity index (χ1n) is 4.89. The molecule has 3 nitrogen and oxygen atoms in total. The van der Waals surface area contributed by atoms with E-state index < -0.39 is 0 Å². The van der Waals surface area contributed by atoms with Crippen LogP contribution in [0.25, 0.3) is 0 Å². The van der Waals surface area contributed by atoms with Crippen molar-refractivity contribution in [2.75, 3.05) is 27.2 Å². The van der Waals surface area contributed by atoms with Crippen LogP contribution in [-0.4, -0.2) is 38.0 Å². The van der Waals surface area contributed by atoms with E-state index in [-0.39, 0.29) is 5.91 Å². The van der Waals surface area contributed by atoms with Crippen molar-refractivity contribution in [1.29, 1.82) is 0 Å². The van der Waals surface area contributed by atoms with E-state index in [4.69, 9.17) is 11.6 Å². The van der Waals surface area contributed by atoms with Crippen LogP contribution >= 0.6 is 27.5 Å². The first kappa shape index (κ1) is 13.5. The number of likely N-dealkylation sites (N-methyl/N-ethyl adjacent to an activating group) is 1. The molecule has 5 heteroatoms. The highest BCUT2D eigenvalue weighted by atomic mass is 79.9. The Balaban J connectivity index is 2.63. The minimum Gasteiger partial charge on any atom is -0.351 e. The molecule has 0 aliphatic carbocycles. The van der Waals surface area contributed by atoms with E-state index in [1.165, 1.54) is 0 Å². The number of hydrogen-bond acceptors (Lipinski definition) is 2. The molecule has 1 rings (SSSR count). The standard InChI is InChI=1S/C11H14BrClN2O/c1-15(2)7-6-14-11(16)8-4-3-5-9(12)10(8)13/h3-5H,6-7H2,1-2H3,(H,14,16). The summed E-state index contributed by atoms with van der Waals surface area (Å²) in [6.45, 7) is 1.41. The van der Waals surface area contributed by atoms with E-state index >= 15 is 0 Å². The third kappa shape index (κ3) is 3.77. The van der Waals surface area contributed by atoms with Crippen LogP contribution < -0.4 is 5.32 Å². The lowest BCUT2D eigenvalue weighted by Gasteiger charge is -2.11. The van der Waals surface area contributed by atoms with Crippen LogP contribution in [0.4, 0.5) is 0 Å². The Kier molecular flexibility index (Phi) is 5.25.